The molecule has 7 nitrogen and oxygen atoms in total. The zero-order chi connectivity index (χ0) is 23.0. The van der Waals surface area contributed by atoms with Crippen LogP contribution in [0.3, 0.4) is 0 Å². The van der Waals surface area contributed by atoms with Gasteiger partial charge in [-0.05, 0) is 42.7 Å². The van der Waals surface area contributed by atoms with Crippen molar-refractivity contribution >= 4 is 49.7 Å². The van der Waals surface area contributed by atoms with Gasteiger partial charge in [-0.2, -0.15) is 0 Å². The van der Waals surface area contributed by atoms with Crippen LogP contribution in [0.5, 0.6) is 0 Å². The molecule has 0 aliphatic carbocycles. The molecule has 2 aromatic carbocycles. The van der Waals surface area contributed by atoms with Crippen LogP contribution in [0, 0.1) is 6.92 Å². The number of halogens is 1. The minimum atomic E-state index is -1.37. The average molecular weight is 497 g/mol. The molecule has 0 saturated carbocycles. The number of aliphatic carboxylic acids is 1. The highest BCUT2D eigenvalue weighted by Gasteiger charge is 2.19. The fourth-order valence-corrected chi connectivity index (χ4v) is 3.97. The molecule has 8 heteroatoms. The van der Waals surface area contributed by atoms with Gasteiger partial charge in [-0.1, -0.05) is 35.0 Å². The number of amides is 1. The highest BCUT2D eigenvalue weighted by Crippen LogP contribution is 2.35. The summed E-state index contributed by atoms with van der Waals surface area (Å²) in [6.45, 7) is 3.36. The van der Waals surface area contributed by atoms with Gasteiger partial charge in [0.15, 0.2) is 0 Å². The molecule has 32 heavy (non-hydrogen) atoms. The van der Waals surface area contributed by atoms with Crippen LogP contribution in [0.1, 0.15) is 24.5 Å². The number of fused-ring (bicyclic) bond motifs is 2. The first-order chi connectivity index (χ1) is 15.3. The van der Waals surface area contributed by atoms with Crippen LogP contribution in [0.2, 0.25) is 0 Å². The Balaban J connectivity index is 1.77. The van der Waals surface area contributed by atoms with E-state index in [-0.39, 0.29) is 18.4 Å². The molecule has 0 bridgehead atoms. The summed E-state index contributed by atoms with van der Waals surface area (Å²) in [7, 11) is 0. The van der Waals surface area contributed by atoms with E-state index in [0.29, 0.717) is 22.1 Å². The van der Waals surface area contributed by atoms with Crippen LogP contribution >= 0.6 is 15.9 Å². The molecule has 0 fully saturated rings. The van der Waals surface area contributed by atoms with Crippen molar-refractivity contribution in [3.05, 3.63) is 68.7 Å². The van der Waals surface area contributed by atoms with Gasteiger partial charge in [0.05, 0.1) is 30.3 Å². The van der Waals surface area contributed by atoms with Crippen molar-refractivity contribution < 1.29 is 23.5 Å². The van der Waals surface area contributed by atoms with Gasteiger partial charge in [0.2, 0.25) is 5.91 Å². The third-order valence-corrected chi connectivity index (χ3v) is 6.03. The number of hydrogen-bond donors (Lipinski definition) is 1. The Labute approximate surface area is 191 Å². The van der Waals surface area contributed by atoms with Crippen LogP contribution in [0.15, 0.2) is 60.8 Å². The van der Waals surface area contributed by atoms with Gasteiger partial charge in [0.1, 0.15) is 11.2 Å². The van der Waals surface area contributed by atoms with E-state index in [9.17, 15) is 19.5 Å². The summed E-state index contributed by atoms with van der Waals surface area (Å²) >= 11 is 3.43. The summed E-state index contributed by atoms with van der Waals surface area (Å²) in [4.78, 5) is 36.0. The predicted molar refractivity (Wildman–Crippen MR) is 121 cm³/mol. The second-order valence-electron chi connectivity index (χ2n) is 7.52. The molecule has 0 aliphatic rings. The molecule has 0 radical (unpaired) electrons. The first-order valence-corrected chi connectivity index (χ1v) is 10.8. The van der Waals surface area contributed by atoms with E-state index < -0.39 is 23.5 Å². The van der Waals surface area contributed by atoms with Crippen molar-refractivity contribution in [1.82, 2.24) is 5.32 Å². The smallest absolute Gasteiger partial charge is 0.340 e. The first kappa shape index (κ1) is 21.8. The highest BCUT2D eigenvalue weighted by atomic mass is 79.9. The zero-order valence-corrected chi connectivity index (χ0v) is 18.9. The van der Waals surface area contributed by atoms with E-state index in [1.165, 1.54) is 0 Å². The van der Waals surface area contributed by atoms with Crippen LogP contribution in [0.25, 0.3) is 33.1 Å². The average Bonchev–Trinajstić information content (AvgIpc) is 3.17. The second kappa shape index (κ2) is 8.63. The Kier molecular flexibility index (Phi) is 5.88. The third-order valence-electron chi connectivity index (χ3n) is 5.50. The predicted octanol–water partition coefficient (Wildman–Crippen LogP) is 3.46. The largest absolute Gasteiger partial charge is 0.548 e. The molecule has 0 aliphatic heterocycles. The number of carboxylic acid groups (broad SMARTS) is 1. The minimum Gasteiger partial charge on any atom is -0.548 e. The summed E-state index contributed by atoms with van der Waals surface area (Å²) in [6, 6.07) is 10.2. The maximum Gasteiger partial charge on any atom is 0.340 e. The lowest BCUT2D eigenvalue weighted by Crippen LogP contribution is -2.48. The summed E-state index contributed by atoms with van der Waals surface area (Å²) in [5, 5.41) is 15.0. The molecule has 0 saturated heterocycles. The molecular formula is C24H19BrNO6-. The number of carboxylic acids is 1. The molecule has 164 valence electrons. The van der Waals surface area contributed by atoms with Gasteiger partial charge >= 0.3 is 5.63 Å². The number of carbonyl (C=O) groups is 2. The van der Waals surface area contributed by atoms with Gasteiger partial charge in [-0.15, -0.1) is 0 Å². The molecule has 2 heterocycles. The topological polar surface area (TPSA) is 113 Å². The molecule has 1 N–H and O–H groups in total. The number of nitrogens with one attached hydrogen (secondary N) is 1. The van der Waals surface area contributed by atoms with Crippen molar-refractivity contribution in [1.29, 1.82) is 0 Å². The van der Waals surface area contributed by atoms with E-state index in [1.54, 1.807) is 26.2 Å². The van der Waals surface area contributed by atoms with Crippen LogP contribution in [0.4, 0.5) is 0 Å². The molecule has 1 amide bonds. The van der Waals surface area contributed by atoms with Crippen molar-refractivity contribution in [2.45, 2.75) is 32.7 Å². The summed E-state index contributed by atoms with van der Waals surface area (Å²) < 4.78 is 12.1. The SMILES string of the molecule is CC[C@H](NC(=O)Cc1c(C)c2cc3c(-c4ccc(Br)cc4)coc3cc2oc1=O)C(=O)[O-]. The lowest BCUT2D eigenvalue weighted by atomic mass is 9.99. The molecule has 0 unspecified atom stereocenters. The Hall–Kier alpha value is -3.39. The van der Waals surface area contributed by atoms with Gasteiger partial charge in [-0.3, -0.25) is 4.79 Å². The van der Waals surface area contributed by atoms with Gasteiger partial charge in [0.25, 0.3) is 0 Å². The molecule has 4 aromatic rings. The Morgan fingerprint density at radius 3 is 2.50 bits per heavy atom. The third kappa shape index (κ3) is 4.05. The first-order valence-electron chi connectivity index (χ1n) is 10.0. The van der Waals surface area contributed by atoms with Crippen molar-refractivity contribution in [2.75, 3.05) is 0 Å². The number of aryl methyl sites for hydroxylation is 1. The van der Waals surface area contributed by atoms with Gasteiger partial charge in [0, 0.05) is 26.9 Å². The van der Waals surface area contributed by atoms with E-state index in [4.69, 9.17) is 8.83 Å². The second-order valence-corrected chi connectivity index (χ2v) is 8.43. The fraction of sp³-hybridized carbons (Fsp3) is 0.208. The van der Waals surface area contributed by atoms with Gasteiger partial charge in [-0.25, -0.2) is 4.79 Å². The minimum absolute atomic E-state index is 0.177. The number of carbonyl (C=O) groups excluding carboxylic acids is 2. The van der Waals surface area contributed by atoms with E-state index in [0.717, 1.165) is 21.0 Å². The van der Waals surface area contributed by atoms with E-state index >= 15 is 0 Å². The molecule has 1 atom stereocenters. The fourth-order valence-electron chi connectivity index (χ4n) is 3.70. The maximum absolute atomic E-state index is 12.6. The molecule has 4 rings (SSSR count). The molecule has 0 spiro atoms. The molecular weight excluding hydrogens is 478 g/mol. The van der Waals surface area contributed by atoms with Crippen LogP contribution in [-0.4, -0.2) is 17.9 Å². The number of rotatable bonds is 6. The summed E-state index contributed by atoms with van der Waals surface area (Å²) in [5.41, 5.74) is 2.90. The Morgan fingerprint density at radius 2 is 1.84 bits per heavy atom. The van der Waals surface area contributed by atoms with Crippen LogP contribution < -0.4 is 16.0 Å². The van der Waals surface area contributed by atoms with Crippen molar-refractivity contribution in [2.24, 2.45) is 0 Å². The quantitative estimate of drug-likeness (QED) is 0.409. The number of furan rings is 1. The molecule has 2 aromatic heterocycles. The van der Waals surface area contributed by atoms with E-state index in [2.05, 4.69) is 21.2 Å². The number of benzene rings is 2. The lowest BCUT2D eigenvalue weighted by molar-refractivity contribution is -0.308. The Morgan fingerprint density at radius 1 is 1.12 bits per heavy atom. The monoisotopic (exact) mass is 496 g/mol. The van der Waals surface area contributed by atoms with Crippen molar-refractivity contribution in [3.8, 4) is 11.1 Å². The van der Waals surface area contributed by atoms with Gasteiger partial charge < -0.3 is 24.1 Å². The lowest BCUT2D eigenvalue weighted by Gasteiger charge is -2.18. The van der Waals surface area contributed by atoms with E-state index in [1.807, 2.05) is 30.3 Å². The van der Waals surface area contributed by atoms with Crippen molar-refractivity contribution in [3.63, 3.8) is 0 Å². The number of hydrogen-bond acceptors (Lipinski definition) is 6. The highest BCUT2D eigenvalue weighted by molar-refractivity contribution is 9.10. The van der Waals surface area contributed by atoms with Crippen LogP contribution in [-0.2, 0) is 16.0 Å². The Bertz CT molecular complexity index is 1400. The maximum atomic E-state index is 12.6. The standard InChI is InChI=1S/C24H20BrNO6/c1-3-19(23(28)29)26-22(27)9-16-12(2)15-8-17-18(13-4-6-14(25)7-5-13)11-31-20(17)10-21(15)32-24(16)30/h4-8,10-11,19H,3,9H2,1-2H3,(H,26,27)(H,28,29)/p-1/t19-/m0/s1. The normalized spacial score (nSPS) is 12.2. The zero-order valence-electron chi connectivity index (χ0n) is 17.4. The summed E-state index contributed by atoms with van der Waals surface area (Å²) in [6.07, 6.45) is 1.53. The summed E-state index contributed by atoms with van der Waals surface area (Å²) in [5.74, 6) is -1.96.